The fraction of sp³-hybridized carbons (Fsp3) is 0.182. The Morgan fingerprint density at radius 2 is 1.70 bits per heavy atom. The molecular formula is C33H30N6O5S2. The molecule has 46 heavy (non-hydrogen) atoms. The van der Waals surface area contributed by atoms with Crippen LogP contribution < -0.4 is 19.5 Å². The fourth-order valence-corrected chi connectivity index (χ4v) is 6.61. The lowest BCUT2D eigenvalue weighted by molar-refractivity contribution is -0.140. The lowest BCUT2D eigenvalue weighted by atomic mass is 10.1. The maximum atomic E-state index is 14.3. The van der Waals surface area contributed by atoms with Crippen molar-refractivity contribution >= 4 is 51.2 Å². The first-order valence-corrected chi connectivity index (χ1v) is 16.0. The van der Waals surface area contributed by atoms with Crippen LogP contribution in [0.2, 0.25) is 0 Å². The van der Waals surface area contributed by atoms with Crippen molar-refractivity contribution in [1.29, 1.82) is 0 Å². The smallest absolute Gasteiger partial charge is 0.252 e. The maximum absolute atomic E-state index is 14.3. The molecular weight excluding hydrogens is 625 g/mol. The Morgan fingerprint density at radius 3 is 2.43 bits per heavy atom. The third-order valence-corrected chi connectivity index (χ3v) is 9.07. The number of thiophene rings is 1. The van der Waals surface area contributed by atoms with Crippen molar-refractivity contribution in [3.63, 3.8) is 0 Å². The van der Waals surface area contributed by atoms with Gasteiger partial charge in [-0.1, -0.05) is 23.4 Å². The number of amides is 2. The van der Waals surface area contributed by atoms with Gasteiger partial charge in [0.15, 0.2) is 0 Å². The summed E-state index contributed by atoms with van der Waals surface area (Å²) in [4.78, 5) is 35.6. The normalized spacial score (nSPS) is 11.6. The highest BCUT2D eigenvalue weighted by molar-refractivity contribution is 7.10. The summed E-state index contributed by atoms with van der Waals surface area (Å²) in [5.41, 5.74) is 3.50. The minimum absolute atomic E-state index is 0.0853. The van der Waals surface area contributed by atoms with Gasteiger partial charge < -0.3 is 24.4 Å². The number of fused-ring (bicyclic) bond motifs is 1. The Bertz CT molecular complexity index is 1960. The van der Waals surface area contributed by atoms with Gasteiger partial charge in [-0.25, -0.2) is 9.67 Å². The molecule has 6 rings (SSSR count). The van der Waals surface area contributed by atoms with Crippen molar-refractivity contribution in [3.05, 3.63) is 99.5 Å². The molecule has 0 radical (unpaired) electrons. The molecule has 3 aromatic carbocycles. The average molecular weight is 655 g/mol. The third-order valence-electron chi connectivity index (χ3n) is 7.31. The number of carbonyl (C=O) groups excluding carboxylic acids is 2. The molecule has 3 aromatic heterocycles. The van der Waals surface area contributed by atoms with Crippen LogP contribution in [0.15, 0.2) is 89.6 Å². The molecule has 0 bridgehead atoms. The number of nitrogens with zero attached hydrogens (tertiary/aromatic N) is 5. The van der Waals surface area contributed by atoms with Gasteiger partial charge >= 0.3 is 0 Å². The SMILES string of the molecule is COc1ccc(-c2csc(CN(C(=O)Cn3nnc4ccccc43)C(C(=O)Nc3ccc(OC)cc3OC)c3cccs3)n2)cc1. The number of nitrogens with one attached hydrogen (secondary N) is 1. The van der Waals surface area contributed by atoms with Crippen molar-refractivity contribution in [1.82, 2.24) is 24.9 Å². The third kappa shape index (κ3) is 6.55. The van der Waals surface area contributed by atoms with Crippen molar-refractivity contribution in [2.45, 2.75) is 19.1 Å². The molecule has 2 amide bonds. The predicted molar refractivity (Wildman–Crippen MR) is 177 cm³/mol. The molecule has 0 fully saturated rings. The number of rotatable bonds is 12. The molecule has 13 heteroatoms. The summed E-state index contributed by atoms with van der Waals surface area (Å²) >= 11 is 2.81. The average Bonchev–Trinajstić information content (AvgIpc) is 3.87. The molecule has 0 aliphatic carbocycles. The lowest BCUT2D eigenvalue weighted by Crippen LogP contribution is -2.42. The van der Waals surface area contributed by atoms with Crippen LogP contribution in [0.5, 0.6) is 17.2 Å². The van der Waals surface area contributed by atoms with E-state index < -0.39 is 11.9 Å². The number of methoxy groups -OCH3 is 3. The molecule has 0 spiro atoms. The molecule has 11 nitrogen and oxygen atoms in total. The number of aromatic nitrogens is 4. The van der Waals surface area contributed by atoms with E-state index >= 15 is 0 Å². The van der Waals surface area contributed by atoms with Crippen LogP contribution in [-0.2, 0) is 22.7 Å². The van der Waals surface area contributed by atoms with E-state index in [0.29, 0.717) is 38.1 Å². The zero-order chi connectivity index (χ0) is 32.0. The Balaban J connectivity index is 1.36. The van der Waals surface area contributed by atoms with E-state index in [4.69, 9.17) is 19.2 Å². The van der Waals surface area contributed by atoms with E-state index in [1.165, 1.54) is 29.8 Å². The van der Waals surface area contributed by atoms with Crippen molar-refractivity contribution in [3.8, 4) is 28.5 Å². The second-order valence-electron chi connectivity index (χ2n) is 10.1. The molecule has 3 heterocycles. The lowest BCUT2D eigenvalue weighted by Gasteiger charge is -2.30. The molecule has 1 N–H and O–H groups in total. The second kappa shape index (κ2) is 13.8. The van der Waals surface area contributed by atoms with Crippen molar-refractivity contribution < 1.29 is 23.8 Å². The Labute approximate surface area is 273 Å². The largest absolute Gasteiger partial charge is 0.497 e. The number of hydrogen-bond acceptors (Lipinski definition) is 10. The number of para-hydroxylation sites is 1. The van der Waals surface area contributed by atoms with Gasteiger partial charge in [0, 0.05) is 21.9 Å². The van der Waals surface area contributed by atoms with Crippen LogP contribution in [0.3, 0.4) is 0 Å². The van der Waals surface area contributed by atoms with Crippen LogP contribution >= 0.6 is 22.7 Å². The Morgan fingerprint density at radius 1 is 0.913 bits per heavy atom. The topological polar surface area (TPSA) is 121 Å². The summed E-state index contributed by atoms with van der Waals surface area (Å²) in [7, 11) is 4.69. The van der Waals surface area contributed by atoms with Gasteiger partial charge in [-0.05, 0) is 60.0 Å². The van der Waals surface area contributed by atoms with E-state index in [1.807, 2.05) is 71.4 Å². The monoisotopic (exact) mass is 654 g/mol. The number of anilines is 1. The van der Waals surface area contributed by atoms with E-state index in [2.05, 4.69) is 15.6 Å². The van der Waals surface area contributed by atoms with Crippen molar-refractivity contribution in [2.24, 2.45) is 0 Å². The minimum atomic E-state index is -0.984. The van der Waals surface area contributed by atoms with Crippen LogP contribution in [0.4, 0.5) is 5.69 Å². The van der Waals surface area contributed by atoms with Gasteiger partial charge in [0.1, 0.15) is 40.4 Å². The molecule has 1 unspecified atom stereocenters. The number of benzene rings is 3. The summed E-state index contributed by atoms with van der Waals surface area (Å²) < 4.78 is 17.7. The maximum Gasteiger partial charge on any atom is 0.252 e. The quantitative estimate of drug-likeness (QED) is 0.169. The van der Waals surface area contributed by atoms with Gasteiger partial charge in [-0.15, -0.1) is 27.8 Å². The first kappa shape index (κ1) is 30.7. The first-order valence-electron chi connectivity index (χ1n) is 14.2. The predicted octanol–water partition coefficient (Wildman–Crippen LogP) is 6.05. The van der Waals surface area contributed by atoms with Gasteiger partial charge in [0.2, 0.25) is 5.91 Å². The molecule has 1 atom stereocenters. The fourth-order valence-electron chi connectivity index (χ4n) is 4.97. The highest BCUT2D eigenvalue weighted by atomic mass is 32.1. The highest BCUT2D eigenvalue weighted by Gasteiger charge is 2.34. The van der Waals surface area contributed by atoms with Gasteiger partial charge in [0.05, 0.1) is 44.8 Å². The molecule has 0 saturated heterocycles. The number of thiazole rings is 1. The summed E-state index contributed by atoms with van der Waals surface area (Å²) in [5, 5.41) is 15.9. The number of hydrogen-bond donors (Lipinski definition) is 1. The molecule has 0 aliphatic rings. The van der Waals surface area contributed by atoms with E-state index in [-0.39, 0.29) is 19.0 Å². The summed E-state index contributed by atoms with van der Waals surface area (Å²) in [6.07, 6.45) is 0. The first-order chi connectivity index (χ1) is 22.5. The molecule has 234 valence electrons. The standard InChI is InChI=1S/C33H30N6O5S2/c1-42-22-12-10-21(11-13-22)26-20-46-30(34-26)18-38(31(40)19-39-27-8-5-4-7-24(27)36-37-39)32(29-9-6-16-45-29)33(41)35-25-15-14-23(43-2)17-28(25)44-3/h4-17,20,32H,18-19H2,1-3H3,(H,35,41). The van der Waals surface area contributed by atoms with Crippen LogP contribution in [0.1, 0.15) is 15.9 Å². The highest BCUT2D eigenvalue weighted by Crippen LogP contribution is 2.34. The molecule has 0 aliphatic heterocycles. The summed E-state index contributed by atoms with van der Waals surface area (Å²) in [6, 6.07) is 22.9. The zero-order valence-electron chi connectivity index (χ0n) is 25.2. The summed E-state index contributed by atoms with van der Waals surface area (Å²) in [6.45, 7) is -0.0414. The van der Waals surface area contributed by atoms with Gasteiger partial charge in [0.25, 0.3) is 5.91 Å². The van der Waals surface area contributed by atoms with E-state index in [9.17, 15) is 9.59 Å². The minimum Gasteiger partial charge on any atom is -0.497 e. The van der Waals surface area contributed by atoms with Crippen LogP contribution in [0.25, 0.3) is 22.3 Å². The number of ether oxygens (including phenoxy) is 3. The van der Waals surface area contributed by atoms with Crippen LogP contribution in [-0.4, -0.2) is 58.0 Å². The zero-order valence-corrected chi connectivity index (χ0v) is 26.9. The van der Waals surface area contributed by atoms with E-state index in [0.717, 1.165) is 17.0 Å². The van der Waals surface area contributed by atoms with E-state index in [1.54, 1.807) is 42.0 Å². The van der Waals surface area contributed by atoms with Crippen molar-refractivity contribution in [2.75, 3.05) is 26.6 Å². The summed E-state index contributed by atoms with van der Waals surface area (Å²) in [5.74, 6) is 1.02. The number of carbonyl (C=O) groups is 2. The molecule has 6 aromatic rings. The Kier molecular flexibility index (Phi) is 9.22. The van der Waals surface area contributed by atoms with Gasteiger partial charge in [-0.2, -0.15) is 0 Å². The van der Waals surface area contributed by atoms with Gasteiger partial charge in [-0.3, -0.25) is 9.59 Å². The molecule has 0 saturated carbocycles. The Hall–Kier alpha value is -5.27. The second-order valence-corrected chi connectivity index (χ2v) is 12.0. The van der Waals surface area contributed by atoms with Crippen LogP contribution in [0, 0.1) is 0 Å².